The molecule has 5 nitrogen and oxygen atoms in total. The third-order valence-electron chi connectivity index (χ3n) is 15.9. The lowest BCUT2D eigenvalue weighted by Crippen LogP contribution is -2.64. The number of methoxy groups -OCH3 is 1. The van der Waals surface area contributed by atoms with Gasteiger partial charge in [0.05, 0.1) is 23.8 Å². The molecule has 5 fully saturated rings. The fraction of sp³-hybridized carbons (Fsp3) is 0.795. The molecule has 1 aromatic rings. The van der Waals surface area contributed by atoms with E-state index in [0.29, 0.717) is 23.5 Å². The molecule has 8 rings (SSSR count). The molecule has 0 unspecified atom stereocenters. The Labute approximate surface area is 284 Å². The molecule has 0 saturated heterocycles. The smallest absolute Gasteiger partial charge is 0.111 e. The molecule has 254 valence electrons. The molecule has 12 atom stereocenters. The fourth-order valence-corrected chi connectivity index (χ4v) is 17.6. The maximum atomic E-state index is 12.9. The topological polar surface area (TPSA) is 82.0 Å². The number of hydrogen-bond acceptors (Lipinski definition) is 7. The lowest BCUT2D eigenvalue weighted by molar-refractivity contribution is -0.218. The molecule has 5 saturated carbocycles. The standard InChI is InChI=1S/C39H57NO4S2/c1-6-25-11-10-24-16-26-20-37(15-12-27-18-28-34-32(42)19-33(44-5)39(34,43)35(27,3)36(28,37)4)21-29(26)38(13-8-7-9-14-38)46-45-22-31(23(2)41)40-30(25)17-24/h10-11,17,19,23,26-29,31,33-34,40-43H,6-9,12-16,18,20-22H2,1-5H3/t23-,26+,27+,28-,29+,31-,33+,34+,35-,36-,37-,39+/m0/s1. The van der Waals surface area contributed by atoms with Crippen LogP contribution in [0.1, 0.15) is 103 Å². The van der Waals surface area contributed by atoms with Gasteiger partial charge < -0.3 is 25.4 Å². The van der Waals surface area contributed by atoms with Crippen LogP contribution in [0.3, 0.4) is 0 Å². The summed E-state index contributed by atoms with van der Waals surface area (Å²) in [6.45, 7) is 9.16. The number of aryl methyl sites for hydroxylation is 1. The van der Waals surface area contributed by atoms with Crippen LogP contribution in [0.2, 0.25) is 0 Å². The molecule has 46 heavy (non-hydrogen) atoms. The maximum absolute atomic E-state index is 12.9. The van der Waals surface area contributed by atoms with Crippen LogP contribution in [0.25, 0.3) is 0 Å². The van der Waals surface area contributed by atoms with E-state index in [1.807, 2.05) is 23.8 Å². The number of nitrogens with one attached hydrogen (secondary N) is 1. The second-order valence-corrected chi connectivity index (χ2v) is 19.9. The molecule has 7 heteroatoms. The molecule has 1 aliphatic heterocycles. The summed E-state index contributed by atoms with van der Waals surface area (Å²) in [6, 6.07) is 7.16. The van der Waals surface area contributed by atoms with Gasteiger partial charge in [-0.15, -0.1) is 0 Å². The minimum Gasteiger partial charge on any atom is -0.512 e. The van der Waals surface area contributed by atoms with Crippen molar-refractivity contribution in [3.63, 3.8) is 0 Å². The van der Waals surface area contributed by atoms with Gasteiger partial charge in [0.2, 0.25) is 0 Å². The molecule has 0 amide bonds. The van der Waals surface area contributed by atoms with Crippen LogP contribution in [0.4, 0.5) is 5.69 Å². The van der Waals surface area contributed by atoms with E-state index < -0.39 is 17.8 Å². The Hall–Kier alpha value is -0.860. The van der Waals surface area contributed by atoms with E-state index in [2.05, 4.69) is 55.1 Å². The predicted molar refractivity (Wildman–Crippen MR) is 190 cm³/mol. The summed E-state index contributed by atoms with van der Waals surface area (Å²) >= 11 is 0. The van der Waals surface area contributed by atoms with Gasteiger partial charge in [0.15, 0.2) is 0 Å². The van der Waals surface area contributed by atoms with E-state index in [0.717, 1.165) is 25.0 Å². The summed E-state index contributed by atoms with van der Waals surface area (Å²) in [4.78, 5) is 0. The second kappa shape index (κ2) is 11.1. The Balaban J connectivity index is 1.24. The van der Waals surface area contributed by atoms with Crippen molar-refractivity contribution in [2.45, 2.75) is 133 Å². The van der Waals surface area contributed by atoms with Gasteiger partial charge in [-0.3, -0.25) is 0 Å². The highest BCUT2D eigenvalue weighted by molar-refractivity contribution is 8.77. The normalized spacial score (nSPS) is 47.9. The molecule has 1 aromatic carbocycles. The highest BCUT2D eigenvalue weighted by Gasteiger charge is 2.87. The highest BCUT2D eigenvalue weighted by Crippen LogP contribution is 2.87. The lowest BCUT2D eigenvalue weighted by Gasteiger charge is -2.62. The number of aliphatic hydroxyl groups excluding tert-OH is 2. The van der Waals surface area contributed by atoms with E-state index in [1.165, 1.54) is 74.6 Å². The van der Waals surface area contributed by atoms with E-state index in [-0.39, 0.29) is 38.9 Å². The molecule has 0 aromatic heterocycles. The average molecular weight is 668 g/mol. The molecule has 7 aliphatic rings. The van der Waals surface area contributed by atoms with Gasteiger partial charge in [-0.25, -0.2) is 0 Å². The van der Waals surface area contributed by atoms with Crippen LogP contribution in [-0.4, -0.2) is 56.8 Å². The third-order valence-corrected chi connectivity index (χ3v) is 19.4. The highest BCUT2D eigenvalue weighted by atomic mass is 33.1. The molecule has 1 heterocycles. The second-order valence-electron chi connectivity index (χ2n) is 17.1. The predicted octanol–water partition coefficient (Wildman–Crippen LogP) is 8.34. The largest absolute Gasteiger partial charge is 0.512 e. The average Bonchev–Trinajstić information content (AvgIpc) is 3.64. The monoisotopic (exact) mass is 667 g/mol. The first-order chi connectivity index (χ1) is 22.0. The quantitative estimate of drug-likeness (QED) is 0.241. The Morgan fingerprint density at radius 3 is 2.57 bits per heavy atom. The first-order valence-corrected chi connectivity index (χ1v) is 20.8. The summed E-state index contributed by atoms with van der Waals surface area (Å²) in [5.74, 6) is 3.01. The van der Waals surface area contributed by atoms with Crippen molar-refractivity contribution < 1.29 is 20.1 Å². The lowest BCUT2D eigenvalue weighted by atomic mass is 9.44. The summed E-state index contributed by atoms with van der Waals surface area (Å²) < 4.78 is 6.24. The van der Waals surface area contributed by atoms with Crippen LogP contribution < -0.4 is 5.32 Å². The Bertz CT molecular complexity index is 1390. The van der Waals surface area contributed by atoms with Crippen LogP contribution in [-0.2, 0) is 17.6 Å². The van der Waals surface area contributed by atoms with Gasteiger partial charge in [0.1, 0.15) is 11.7 Å². The zero-order valence-corrected chi connectivity index (χ0v) is 30.3. The van der Waals surface area contributed by atoms with Crippen LogP contribution in [0, 0.1) is 45.8 Å². The van der Waals surface area contributed by atoms with Crippen molar-refractivity contribution in [1.29, 1.82) is 0 Å². The number of aliphatic hydroxyl groups is 3. The molecule has 6 aliphatic carbocycles. The summed E-state index contributed by atoms with van der Waals surface area (Å²) in [7, 11) is 5.91. The van der Waals surface area contributed by atoms with E-state index >= 15 is 0 Å². The number of hydrogen-bond donors (Lipinski definition) is 4. The van der Waals surface area contributed by atoms with Crippen molar-refractivity contribution >= 4 is 27.3 Å². The molecule has 4 N–H and O–H groups in total. The minimum atomic E-state index is -1.05. The van der Waals surface area contributed by atoms with Gasteiger partial charge in [-0.1, -0.05) is 73.8 Å². The van der Waals surface area contributed by atoms with Crippen molar-refractivity contribution in [2.75, 3.05) is 18.2 Å². The van der Waals surface area contributed by atoms with Crippen LogP contribution >= 0.6 is 21.6 Å². The summed E-state index contributed by atoms with van der Waals surface area (Å²) in [6.07, 6.45) is 15.6. The molecular weight excluding hydrogens is 611 g/mol. The third kappa shape index (κ3) is 4.01. The van der Waals surface area contributed by atoms with Gasteiger partial charge in [-0.05, 0) is 122 Å². The van der Waals surface area contributed by atoms with Crippen molar-refractivity contribution in [2.24, 2.45) is 45.8 Å². The van der Waals surface area contributed by atoms with E-state index in [9.17, 15) is 15.3 Å². The van der Waals surface area contributed by atoms with Crippen molar-refractivity contribution in [3.8, 4) is 0 Å². The van der Waals surface area contributed by atoms with Gasteiger partial charge in [0.25, 0.3) is 0 Å². The zero-order chi connectivity index (χ0) is 32.3. The van der Waals surface area contributed by atoms with E-state index in [4.69, 9.17) is 4.74 Å². The molecule has 2 spiro atoms. The van der Waals surface area contributed by atoms with Crippen LogP contribution in [0.5, 0.6) is 0 Å². The Kier molecular flexibility index (Phi) is 7.79. The van der Waals surface area contributed by atoms with Crippen LogP contribution in [0.15, 0.2) is 30.0 Å². The maximum Gasteiger partial charge on any atom is 0.111 e. The minimum absolute atomic E-state index is 0.0155. The van der Waals surface area contributed by atoms with E-state index in [1.54, 1.807) is 7.11 Å². The summed E-state index contributed by atoms with van der Waals surface area (Å²) in [5.41, 5.74) is 2.67. The SMILES string of the molecule is CCc1ccc2cc1N[C@H]([C@H](C)O)CSSC1(CCCCC1)[C@@H]1C[C@]3(CC[C@@H]4C[C@H]5[C@@H]6C(O)=C[C@@H](OC)[C@]6(O)[C@]4(C)[C@]53C)C[C@H]1C2. The first kappa shape index (κ1) is 32.4. The Morgan fingerprint density at radius 1 is 1.07 bits per heavy atom. The number of anilines is 1. The number of rotatable bonds is 3. The van der Waals surface area contributed by atoms with Crippen molar-refractivity contribution in [3.05, 3.63) is 41.2 Å². The zero-order valence-electron chi connectivity index (χ0n) is 28.7. The fourth-order valence-electron chi connectivity index (χ4n) is 13.7. The number of ether oxygens (including phenoxy) is 1. The molecule has 6 bridgehead atoms. The molecule has 0 radical (unpaired) electrons. The van der Waals surface area contributed by atoms with Gasteiger partial charge >= 0.3 is 0 Å². The van der Waals surface area contributed by atoms with Gasteiger partial charge in [0, 0.05) is 28.7 Å². The van der Waals surface area contributed by atoms with Crippen molar-refractivity contribution in [1.82, 2.24) is 0 Å². The molecular formula is C39H57NO4S2. The number of fused-ring (bicyclic) bond motifs is 6. The first-order valence-electron chi connectivity index (χ1n) is 18.5. The Morgan fingerprint density at radius 2 is 1.85 bits per heavy atom. The number of benzene rings is 1. The summed E-state index contributed by atoms with van der Waals surface area (Å²) in [5, 5.41) is 39.0. The van der Waals surface area contributed by atoms with Gasteiger partial charge in [-0.2, -0.15) is 0 Å².